The van der Waals surface area contributed by atoms with Crippen LogP contribution in [0.3, 0.4) is 0 Å². The number of pyridine rings is 2. The Kier molecular flexibility index (Phi) is 5.19. The number of nitrogens with one attached hydrogen (secondary N) is 1. The van der Waals surface area contributed by atoms with Crippen LogP contribution < -0.4 is 15.1 Å². The second kappa shape index (κ2) is 8.08. The minimum absolute atomic E-state index is 0.137. The third kappa shape index (κ3) is 3.96. The highest BCUT2D eigenvalue weighted by Crippen LogP contribution is 2.20. The van der Waals surface area contributed by atoms with Crippen LogP contribution in [0.15, 0.2) is 67.0 Å². The van der Waals surface area contributed by atoms with Gasteiger partial charge in [0, 0.05) is 37.9 Å². The first kappa shape index (κ1) is 18.0. The van der Waals surface area contributed by atoms with Gasteiger partial charge in [-0.3, -0.25) is 4.79 Å². The Morgan fingerprint density at radius 1 is 0.893 bits per heavy atom. The van der Waals surface area contributed by atoms with Crippen molar-refractivity contribution in [2.24, 2.45) is 0 Å². The van der Waals surface area contributed by atoms with Crippen molar-refractivity contribution in [3.63, 3.8) is 0 Å². The number of hydrogen-bond acceptors (Lipinski definition) is 5. The first-order valence-electron chi connectivity index (χ1n) is 9.45. The van der Waals surface area contributed by atoms with E-state index in [1.165, 1.54) is 0 Å². The molecule has 1 fully saturated rings. The first-order valence-corrected chi connectivity index (χ1v) is 9.45. The van der Waals surface area contributed by atoms with Crippen LogP contribution >= 0.6 is 0 Å². The van der Waals surface area contributed by atoms with Crippen molar-refractivity contribution in [1.82, 2.24) is 9.97 Å². The average Bonchev–Trinajstić information content (AvgIpc) is 2.75. The molecule has 6 heteroatoms. The molecule has 2 aromatic heterocycles. The molecule has 4 rings (SSSR count). The van der Waals surface area contributed by atoms with Crippen LogP contribution in [0.1, 0.15) is 15.9 Å². The fourth-order valence-corrected chi connectivity index (χ4v) is 3.39. The lowest BCUT2D eigenvalue weighted by molar-refractivity contribution is 0.102. The predicted octanol–water partition coefficient (Wildman–Crippen LogP) is 3.36. The van der Waals surface area contributed by atoms with E-state index in [4.69, 9.17) is 0 Å². The van der Waals surface area contributed by atoms with Crippen LogP contribution in [0.4, 0.5) is 17.3 Å². The minimum atomic E-state index is -0.137. The molecule has 0 bridgehead atoms. The van der Waals surface area contributed by atoms with Gasteiger partial charge in [0.05, 0.1) is 11.9 Å². The summed E-state index contributed by atoms with van der Waals surface area (Å²) in [5, 5.41) is 2.87. The van der Waals surface area contributed by atoms with Crippen molar-refractivity contribution >= 4 is 23.2 Å². The van der Waals surface area contributed by atoms with Crippen molar-refractivity contribution in [3.05, 3.63) is 78.1 Å². The molecule has 0 unspecified atom stereocenters. The highest BCUT2D eigenvalue weighted by Gasteiger charge is 2.18. The Hall–Kier alpha value is -3.41. The Morgan fingerprint density at radius 3 is 2.32 bits per heavy atom. The Balaban J connectivity index is 1.36. The summed E-state index contributed by atoms with van der Waals surface area (Å²) in [5.41, 5.74) is 2.68. The van der Waals surface area contributed by atoms with Crippen molar-refractivity contribution in [3.8, 4) is 0 Å². The van der Waals surface area contributed by atoms with Crippen LogP contribution in [0.25, 0.3) is 0 Å². The number of nitrogens with zero attached hydrogens (tertiary/aromatic N) is 4. The Labute approximate surface area is 164 Å². The van der Waals surface area contributed by atoms with Gasteiger partial charge in [0.15, 0.2) is 0 Å². The molecule has 1 aromatic carbocycles. The lowest BCUT2D eigenvalue weighted by atomic mass is 10.1. The summed E-state index contributed by atoms with van der Waals surface area (Å²) in [6.07, 6.45) is 3.65. The molecule has 3 heterocycles. The van der Waals surface area contributed by atoms with E-state index in [2.05, 4.69) is 25.1 Å². The first-order chi connectivity index (χ1) is 13.7. The number of aromatic nitrogens is 2. The zero-order chi connectivity index (χ0) is 19.3. The maximum atomic E-state index is 12.4. The van der Waals surface area contributed by atoms with Gasteiger partial charge in [-0.25, -0.2) is 9.97 Å². The van der Waals surface area contributed by atoms with Crippen LogP contribution in [-0.2, 0) is 0 Å². The van der Waals surface area contributed by atoms with Gasteiger partial charge in [-0.2, -0.15) is 0 Å². The number of carbonyl (C=O) groups excluding carboxylic acids is 1. The summed E-state index contributed by atoms with van der Waals surface area (Å²) in [4.78, 5) is 25.9. The molecule has 1 aliphatic rings. The van der Waals surface area contributed by atoms with Gasteiger partial charge in [-0.15, -0.1) is 0 Å². The van der Waals surface area contributed by atoms with Crippen LogP contribution in [0, 0.1) is 6.92 Å². The number of amides is 1. The molecule has 28 heavy (non-hydrogen) atoms. The number of carbonyl (C=O) groups is 1. The quantitative estimate of drug-likeness (QED) is 0.760. The second-order valence-electron chi connectivity index (χ2n) is 6.83. The van der Waals surface area contributed by atoms with Gasteiger partial charge < -0.3 is 15.1 Å². The highest BCUT2D eigenvalue weighted by atomic mass is 16.1. The van der Waals surface area contributed by atoms with E-state index in [0.29, 0.717) is 11.4 Å². The van der Waals surface area contributed by atoms with Gasteiger partial charge >= 0.3 is 0 Å². The lowest BCUT2D eigenvalue weighted by Gasteiger charge is -2.36. The van der Waals surface area contributed by atoms with E-state index in [0.717, 1.165) is 43.2 Å². The number of aryl methyl sites for hydroxylation is 1. The van der Waals surface area contributed by atoms with Gasteiger partial charge in [-0.05, 0) is 42.8 Å². The van der Waals surface area contributed by atoms with Gasteiger partial charge in [0.25, 0.3) is 5.91 Å². The predicted molar refractivity (Wildman–Crippen MR) is 112 cm³/mol. The molecule has 0 radical (unpaired) electrons. The Bertz CT molecular complexity index is 935. The number of rotatable bonds is 4. The summed E-state index contributed by atoms with van der Waals surface area (Å²) in [5.74, 6) is 1.45. The molecule has 1 saturated heterocycles. The number of hydrogen-bond donors (Lipinski definition) is 1. The Morgan fingerprint density at radius 2 is 1.64 bits per heavy atom. The van der Waals surface area contributed by atoms with E-state index >= 15 is 0 Å². The third-order valence-corrected chi connectivity index (χ3v) is 5.00. The fourth-order valence-electron chi connectivity index (χ4n) is 3.39. The standard InChI is InChI=1S/C22H23N5O/c1-17-6-2-3-7-19(17)22(28)25-20-10-9-18(16-24-20)26-12-14-27(15-13-26)21-8-4-5-11-23-21/h2-11,16H,12-15H2,1H3,(H,24,25,28). The molecule has 0 saturated carbocycles. The summed E-state index contributed by atoms with van der Waals surface area (Å²) < 4.78 is 0. The molecule has 6 nitrogen and oxygen atoms in total. The maximum absolute atomic E-state index is 12.4. The average molecular weight is 373 g/mol. The summed E-state index contributed by atoms with van der Waals surface area (Å²) in [6, 6.07) is 17.4. The van der Waals surface area contributed by atoms with Crippen molar-refractivity contribution in [2.45, 2.75) is 6.92 Å². The monoisotopic (exact) mass is 373 g/mol. The maximum Gasteiger partial charge on any atom is 0.257 e. The zero-order valence-corrected chi connectivity index (χ0v) is 15.9. The minimum Gasteiger partial charge on any atom is -0.367 e. The molecule has 0 aliphatic carbocycles. The smallest absolute Gasteiger partial charge is 0.257 e. The SMILES string of the molecule is Cc1ccccc1C(=O)Nc1ccc(N2CCN(c3ccccn3)CC2)cn1. The second-order valence-corrected chi connectivity index (χ2v) is 6.83. The summed E-state index contributed by atoms with van der Waals surface area (Å²) in [7, 11) is 0. The largest absolute Gasteiger partial charge is 0.367 e. The van der Waals surface area contributed by atoms with E-state index in [-0.39, 0.29) is 5.91 Å². The van der Waals surface area contributed by atoms with E-state index in [1.54, 1.807) is 0 Å². The zero-order valence-electron chi connectivity index (χ0n) is 15.9. The van der Waals surface area contributed by atoms with E-state index in [1.807, 2.05) is 73.9 Å². The van der Waals surface area contributed by atoms with E-state index in [9.17, 15) is 4.79 Å². The highest BCUT2D eigenvalue weighted by molar-refractivity contribution is 6.04. The number of benzene rings is 1. The van der Waals surface area contributed by atoms with Crippen molar-refractivity contribution in [1.29, 1.82) is 0 Å². The molecule has 1 N–H and O–H groups in total. The van der Waals surface area contributed by atoms with Gasteiger partial charge in [-0.1, -0.05) is 24.3 Å². The summed E-state index contributed by atoms with van der Waals surface area (Å²) in [6.45, 7) is 5.59. The molecule has 0 spiro atoms. The third-order valence-electron chi connectivity index (χ3n) is 5.00. The van der Waals surface area contributed by atoms with Crippen LogP contribution in [-0.4, -0.2) is 42.1 Å². The fraction of sp³-hybridized carbons (Fsp3) is 0.227. The molecular formula is C22H23N5O. The van der Waals surface area contributed by atoms with Crippen molar-refractivity contribution < 1.29 is 4.79 Å². The van der Waals surface area contributed by atoms with Crippen LogP contribution in [0.5, 0.6) is 0 Å². The molecule has 3 aromatic rings. The lowest BCUT2D eigenvalue weighted by Crippen LogP contribution is -2.46. The van der Waals surface area contributed by atoms with Gasteiger partial charge in [0.2, 0.25) is 0 Å². The normalized spacial score (nSPS) is 14.0. The van der Waals surface area contributed by atoms with Gasteiger partial charge in [0.1, 0.15) is 11.6 Å². The molecule has 0 atom stereocenters. The van der Waals surface area contributed by atoms with Crippen molar-refractivity contribution in [2.75, 3.05) is 41.3 Å². The summed E-state index contributed by atoms with van der Waals surface area (Å²) >= 11 is 0. The number of anilines is 3. The van der Waals surface area contributed by atoms with E-state index < -0.39 is 0 Å². The number of piperazine rings is 1. The van der Waals surface area contributed by atoms with Crippen LogP contribution in [0.2, 0.25) is 0 Å². The molecular weight excluding hydrogens is 350 g/mol. The molecule has 142 valence electrons. The molecule has 1 aliphatic heterocycles. The topological polar surface area (TPSA) is 61.4 Å². The molecule has 1 amide bonds.